The smallest absolute Gasteiger partial charge is 0.146 e. The van der Waals surface area contributed by atoms with E-state index in [-0.39, 0.29) is 0 Å². The first-order chi connectivity index (χ1) is 10.1. The molecule has 0 heterocycles. The maximum Gasteiger partial charge on any atom is 0.146 e. The molecule has 4 heteroatoms. The van der Waals surface area contributed by atoms with E-state index in [1.54, 1.807) is 11.8 Å². The summed E-state index contributed by atoms with van der Waals surface area (Å²) in [6.45, 7) is 4.25. The van der Waals surface area contributed by atoms with Gasteiger partial charge in [-0.25, -0.2) is 0 Å². The summed E-state index contributed by atoms with van der Waals surface area (Å²) < 4.78 is 7.06. The molecule has 0 bridgehead atoms. The van der Waals surface area contributed by atoms with Gasteiger partial charge in [-0.1, -0.05) is 35.8 Å². The molecule has 21 heavy (non-hydrogen) atoms. The SMILES string of the molecule is CSc1cccc(Oc2ccc(Br)cc2C(C)C)c1C#N. The molecular weight excluding hydrogens is 346 g/mol. The van der Waals surface area contributed by atoms with E-state index in [0.717, 1.165) is 20.7 Å². The Balaban J connectivity index is 2.46. The average molecular weight is 362 g/mol. The second kappa shape index (κ2) is 7.02. The summed E-state index contributed by atoms with van der Waals surface area (Å²) in [7, 11) is 0. The van der Waals surface area contributed by atoms with Crippen molar-refractivity contribution in [1.82, 2.24) is 0 Å². The molecule has 0 fully saturated rings. The van der Waals surface area contributed by atoms with Gasteiger partial charge in [0, 0.05) is 9.37 Å². The Bertz CT molecular complexity index is 692. The standard InChI is InChI=1S/C17H16BrNOS/c1-11(2)13-9-12(18)7-8-16(13)20-15-5-4-6-17(21-3)14(15)10-19/h4-9,11H,1-3H3. The van der Waals surface area contributed by atoms with E-state index in [9.17, 15) is 5.26 Å². The van der Waals surface area contributed by atoms with Crippen LogP contribution in [-0.4, -0.2) is 6.26 Å². The number of rotatable bonds is 4. The van der Waals surface area contributed by atoms with Crippen LogP contribution in [0.5, 0.6) is 11.5 Å². The summed E-state index contributed by atoms with van der Waals surface area (Å²) in [5.74, 6) is 1.74. The molecule has 2 rings (SSSR count). The largest absolute Gasteiger partial charge is 0.456 e. The number of hydrogen-bond acceptors (Lipinski definition) is 3. The van der Waals surface area contributed by atoms with E-state index in [1.807, 2.05) is 36.6 Å². The van der Waals surface area contributed by atoms with Crippen LogP contribution in [0.3, 0.4) is 0 Å². The van der Waals surface area contributed by atoms with E-state index < -0.39 is 0 Å². The highest BCUT2D eigenvalue weighted by molar-refractivity contribution is 9.10. The first kappa shape index (κ1) is 15.9. The molecule has 108 valence electrons. The van der Waals surface area contributed by atoms with Crippen LogP contribution in [0.15, 0.2) is 45.8 Å². The third-order valence-electron chi connectivity index (χ3n) is 3.13. The van der Waals surface area contributed by atoms with Crippen LogP contribution in [0.1, 0.15) is 30.9 Å². The molecule has 0 unspecified atom stereocenters. The van der Waals surface area contributed by atoms with Crippen molar-refractivity contribution < 1.29 is 4.74 Å². The van der Waals surface area contributed by atoms with Crippen molar-refractivity contribution in [3.8, 4) is 17.6 Å². The van der Waals surface area contributed by atoms with Crippen molar-refractivity contribution in [3.05, 3.63) is 52.0 Å². The van der Waals surface area contributed by atoms with Gasteiger partial charge in [0.15, 0.2) is 0 Å². The van der Waals surface area contributed by atoms with E-state index in [0.29, 0.717) is 17.2 Å². The van der Waals surface area contributed by atoms with Crippen LogP contribution < -0.4 is 4.74 Å². The maximum absolute atomic E-state index is 9.38. The Kier molecular flexibility index (Phi) is 5.33. The van der Waals surface area contributed by atoms with Crippen LogP contribution in [-0.2, 0) is 0 Å². The lowest BCUT2D eigenvalue weighted by Gasteiger charge is -2.15. The third-order valence-corrected chi connectivity index (χ3v) is 4.41. The molecule has 0 N–H and O–H groups in total. The minimum absolute atomic E-state index is 0.340. The summed E-state index contributed by atoms with van der Waals surface area (Å²) in [5, 5.41) is 9.38. The highest BCUT2D eigenvalue weighted by Gasteiger charge is 2.13. The number of halogens is 1. The fraction of sp³-hybridized carbons (Fsp3) is 0.235. The number of nitriles is 1. The third kappa shape index (κ3) is 3.61. The van der Waals surface area contributed by atoms with Crippen molar-refractivity contribution in [2.75, 3.05) is 6.26 Å². The second-order valence-corrected chi connectivity index (χ2v) is 6.65. The Morgan fingerprint density at radius 1 is 1.19 bits per heavy atom. The summed E-state index contributed by atoms with van der Waals surface area (Å²) in [6, 6.07) is 13.9. The lowest BCUT2D eigenvalue weighted by Crippen LogP contribution is -1.96. The average Bonchev–Trinajstić information content (AvgIpc) is 2.48. The molecule has 0 aliphatic heterocycles. The van der Waals surface area contributed by atoms with Crippen LogP contribution in [0.4, 0.5) is 0 Å². The van der Waals surface area contributed by atoms with E-state index in [1.165, 1.54) is 0 Å². The van der Waals surface area contributed by atoms with Gasteiger partial charge in [-0.3, -0.25) is 0 Å². The normalized spacial score (nSPS) is 10.5. The van der Waals surface area contributed by atoms with E-state index in [2.05, 4.69) is 41.9 Å². The van der Waals surface area contributed by atoms with E-state index in [4.69, 9.17) is 4.74 Å². The van der Waals surface area contributed by atoms with E-state index >= 15 is 0 Å². The second-order valence-electron chi connectivity index (χ2n) is 4.88. The topological polar surface area (TPSA) is 33.0 Å². The predicted molar refractivity (Wildman–Crippen MR) is 91.2 cm³/mol. The Morgan fingerprint density at radius 2 is 1.95 bits per heavy atom. The molecule has 0 amide bonds. The van der Waals surface area contributed by atoms with Gasteiger partial charge in [0.25, 0.3) is 0 Å². The molecule has 0 spiro atoms. The number of benzene rings is 2. The lowest BCUT2D eigenvalue weighted by atomic mass is 10.0. The van der Waals surface area contributed by atoms with Crippen molar-refractivity contribution in [1.29, 1.82) is 5.26 Å². The van der Waals surface area contributed by atoms with Gasteiger partial charge >= 0.3 is 0 Å². The Morgan fingerprint density at radius 3 is 2.57 bits per heavy atom. The quantitative estimate of drug-likeness (QED) is 0.629. The summed E-state index contributed by atoms with van der Waals surface area (Å²) >= 11 is 5.04. The van der Waals surface area contributed by atoms with Crippen molar-refractivity contribution >= 4 is 27.7 Å². The number of ether oxygens (including phenoxy) is 1. The van der Waals surface area contributed by atoms with Gasteiger partial charge < -0.3 is 4.74 Å². The van der Waals surface area contributed by atoms with Crippen molar-refractivity contribution in [3.63, 3.8) is 0 Å². The fourth-order valence-electron chi connectivity index (χ4n) is 2.06. The number of hydrogen-bond donors (Lipinski definition) is 0. The molecule has 0 saturated carbocycles. The number of thioether (sulfide) groups is 1. The molecule has 0 atom stereocenters. The van der Waals surface area contributed by atoms with Gasteiger partial charge in [0.05, 0.1) is 0 Å². The van der Waals surface area contributed by atoms with Gasteiger partial charge in [-0.05, 0) is 48.1 Å². The molecule has 2 nitrogen and oxygen atoms in total. The van der Waals surface area contributed by atoms with Gasteiger partial charge in [-0.2, -0.15) is 5.26 Å². The van der Waals surface area contributed by atoms with Crippen LogP contribution in [0.25, 0.3) is 0 Å². The monoisotopic (exact) mass is 361 g/mol. The zero-order valence-electron chi connectivity index (χ0n) is 12.2. The minimum atomic E-state index is 0.340. The molecule has 0 radical (unpaired) electrons. The zero-order chi connectivity index (χ0) is 15.4. The molecule has 0 aliphatic carbocycles. The van der Waals surface area contributed by atoms with Gasteiger partial charge in [0.1, 0.15) is 23.1 Å². The van der Waals surface area contributed by atoms with Crippen LogP contribution >= 0.6 is 27.7 Å². The van der Waals surface area contributed by atoms with Gasteiger partial charge in [0.2, 0.25) is 0 Å². The molecule has 2 aromatic carbocycles. The molecule has 2 aromatic rings. The Hall–Kier alpha value is -1.44. The minimum Gasteiger partial charge on any atom is -0.456 e. The summed E-state index contributed by atoms with van der Waals surface area (Å²) in [5.41, 5.74) is 1.70. The molecule has 0 aromatic heterocycles. The lowest BCUT2D eigenvalue weighted by molar-refractivity contribution is 0.470. The molecule has 0 saturated heterocycles. The number of nitrogens with zero attached hydrogens (tertiary/aromatic N) is 1. The summed E-state index contributed by atoms with van der Waals surface area (Å²) in [6.07, 6.45) is 1.96. The maximum atomic E-state index is 9.38. The van der Waals surface area contributed by atoms with Crippen LogP contribution in [0, 0.1) is 11.3 Å². The molecular formula is C17H16BrNOS. The highest BCUT2D eigenvalue weighted by atomic mass is 79.9. The highest BCUT2D eigenvalue weighted by Crippen LogP contribution is 2.36. The molecule has 0 aliphatic rings. The first-order valence-electron chi connectivity index (χ1n) is 6.61. The summed E-state index contributed by atoms with van der Waals surface area (Å²) in [4.78, 5) is 0.929. The van der Waals surface area contributed by atoms with Crippen molar-refractivity contribution in [2.45, 2.75) is 24.7 Å². The Labute approximate surface area is 138 Å². The zero-order valence-corrected chi connectivity index (χ0v) is 14.6. The fourth-order valence-corrected chi connectivity index (χ4v) is 3.00. The van der Waals surface area contributed by atoms with Crippen LogP contribution in [0.2, 0.25) is 0 Å². The van der Waals surface area contributed by atoms with Crippen molar-refractivity contribution in [2.24, 2.45) is 0 Å². The van der Waals surface area contributed by atoms with Gasteiger partial charge in [-0.15, -0.1) is 11.8 Å². The predicted octanol–water partition coefficient (Wildman–Crippen LogP) is 5.96. The first-order valence-corrected chi connectivity index (χ1v) is 8.63.